The van der Waals surface area contributed by atoms with Gasteiger partial charge in [0.1, 0.15) is 0 Å². The first-order chi connectivity index (χ1) is 37.0. The maximum atomic E-state index is 2.79. The van der Waals surface area contributed by atoms with E-state index < -0.39 is 0 Å². The van der Waals surface area contributed by atoms with Gasteiger partial charge in [-0.2, -0.15) is 0 Å². The molecule has 10 aromatic carbocycles. The molecule has 0 spiro atoms. The molecule has 6 heteroatoms. The molecular formula is C70H54B2N4. The summed E-state index contributed by atoms with van der Waals surface area (Å²) < 4.78 is 5.58. The van der Waals surface area contributed by atoms with Crippen molar-refractivity contribution < 1.29 is 0 Å². The fraction of sp³-hybridized carbons (Fsp3) is 0.114. The minimum atomic E-state index is -0.115. The van der Waals surface area contributed by atoms with E-state index in [1.165, 1.54) is 133 Å². The van der Waals surface area contributed by atoms with Crippen LogP contribution in [-0.4, -0.2) is 22.7 Å². The summed E-state index contributed by atoms with van der Waals surface area (Å²) >= 11 is 0. The van der Waals surface area contributed by atoms with Gasteiger partial charge >= 0.3 is 13.7 Å². The molecule has 0 radical (unpaired) electrons. The molecule has 0 N–H and O–H groups in total. The molecule has 0 unspecified atom stereocenters. The zero-order chi connectivity index (χ0) is 50.9. The van der Waals surface area contributed by atoms with Crippen molar-refractivity contribution in [1.29, 1.82) is 0 Å². The van der Waals surface area contributed by atoms with Gasteiger partial charge in [-0.1, -0.05) is 211 Å². The lowest BCUT2D eigenvalue weighted by Gasteiger charge is -2.41. The summed E-state index contributed by atoms with van der Waals surface area (Å²) in [6, 6.07) is 83.1. The first-order valence-electron chi connectivity index (χ1n) is 27.1. The van der Waals surface area contributed by atoms with Gasteiger partial charge in [0.15, 0.2) is 0 Å². The van der Waals surface area contributed by atoms with E-state index in [1.54, 1.807) is 0 Å². The third kappa shape index (κ3) is 5.82. The molecule has 16 rings (SSSR count). The maximum absolute atomic E-state index is 2.79. The summed E-state index contributed by atoms with van der Waals surface area (Å²) in [6.07, 6.45) is 0. The molecule has 0 aliphatic carbocycles. The maximum Gasteiger partial charge on any atom is 0.333 e. The standard InChI is InChI=1S/C70H54B2N4/c1-69(2,3)45-35-31-43(32-36-45)49-39-41-59-63-61(49)51-23-17-25-53-65(51)75(71(63)55-27-13-15-29-57(55)73(59)47-19-9-7-10-20-47)68-54-26-18-24-52-62-50(44-33-37-46(38-34-44)70(4,5)6)40-42-60-64(62)72(76(66(52)54)67(53)68)56-28-14-16-30-58(56)74(60)48-21-11-8-12-22-48/h7-42H,1-6H3. The van der Waals surface area contributed by atoms with Crippen LogP contribution in [0, 0.1) is 0 Å². The monoisotopic (exact) mass is 972 g/mol. The molecule has 4 aliphatic heterocycles. The van der Waals surface area contributed by atoms with E-state index in [0.29, 0.717) is 0 Å². The van der Waals surface area contributed by atoms with Crippen LogP contribution in [0.5, 0.6) is 0 Å². The summed E-state index contributed by atoms with van der Waals surface area (Å²) in [5.41, 5.74) is 30.6. The lowest BCUT2D eigenvalue weighted by Crippen LogP contribution is -2.56. The Kier molecular flexibility index (Phi) is 8.86. The van der Waals surface area contributed by atoms with Gasteiger partial charge in [0.2, 0.25) is 0 Å². The third-order valence-electron chi connectivity index (χ3n) is 17.4. The fourth-order valence-electron chi connectivity index (χ4n) is 14.1. The van der Waals surface area contributed by atoms with Gasteiger partial charge in [-0.25, -0.2) is 0 Å². The molecule has 0 fully saturated rings. The topological polar surface area (TPSA) is 16.3 Å². The van der Waals surface area contributed by atoms with Gasteiger partial charge in [0.05, 0.1) is 11.0 Å². The Bertz CT molecular complexity index is 4130. The quantitative estimate of drug-likeness (QED) is 0.163. The number of anilines is 6. The summed E-state index contributed by atoms with van der Waals surface area (Å²) in [4.78, 5) is 5.04. The number of nitrogens with zero attached hydrogens (tertiary/aromatic N) is 4. The Hall–Kier alpha value is -8.73. The van der Waals surface area contributed by atoms with Gasteiger partial charge < -0.3 is 18.8 Å². The number of para-hydroxylation sites is 6. The van der Waals surface area contributed by atoms with Gasteiger partial charge in [-0.05, 0) is 126 Å². The molecule has 76 heavy (non-hydrogen) atoms. The molecule has 0 saturated carbocycles. The summed E-state index contributed by atoms with van der Waals surface area (Å²) in [7, 11) is 0. The Morgan fingerprint density at radius 2 is 0.684 bits per heavy atom. The van der Waals surface area contributed by atoms with E-state index >= 15 is 0 Å². The highest BCUT2D eigenvalue weighted by Gasteiger charge is 2.48. The van der Waals surface area contributed by atoms with E-state index in [1.807, 2.05) is 0 Å². The van der Waals surface area contributed by atoms with E-state index in [4.69, 9.17) is 0 Å². The van der Waals surface area contributed by atoms with Gasteiger partial charge in [0.25, 0.3) is 0 Å². The fourth-order valence-corrected chi connectivity index (χ4v) is 14.1. The second-order valence-electron chi connectivity index (χ2n) is 23.6. The minimum Gasteiger partial charge on any atom is -0.374 e. The number of rotatable bonds is 4. The van der Waals surface area contributed by atoms with Crippen molar-refractivity contribution in [2.24, 2.45) is 0 Å². The van der Waals surface area contributed by atoms with Crippen molar-refractivity contribution in [2.75, 3.05) is 9.80 Å². The van der Waals surface area contributed by atoms with E-state index in [2.05, 4.69) is 279 Å². The SMILES string of the molecule is CC(C)(C)c1ccc(-c2ccc3c4c2-c2cccc5c2n(c2c6cccc7c6n(c52)B2c5ccccc5N(c5ccccc5)c5ccc(-c6ccc(C(C)(C)C)cc6)c-7c52)B4c2ccccc2N3c2ccccc2)cc1. The molecule has 6 heterocycles. The lowest BCUT2D eigenvalue weighted by atomic mass is 9.44. The van der Waals surface area contributed by atoms with Crippen molar-refractivity contribution in [1.82, 2.24) is 8.96 Å². The molecule has 4 aliphatic rings. The predicted molar refractivity (Wildman–Crippen MR) is 324 cm³/mol. The highest BCUT2D eigenvalue weighted by Crippen LogP contribution is 2.53. The van der Waals surface area contributed by atoms with Crippen molar-refractivity contribution in [3.63, 3.8) is 0 Å². The zero-order valence-electron chi connectivity index (χ0n) is 43.7. The second kappa shape index (κ2) is 15.4. The predicted octanol–water partition coefficient (Wildman–Crippen LogP) is 15.5. The molecule has 4 nitrogen and oxygen atoms in total. The summed E-state index contributed by atoms with van der Waals surface area (Å²) in [6.45, 7) is 13.6. The van der Waals surface area contributed by atoms with Crippen LogP contribution in [0.1, 0.15) is 52.7 Å². The Morgan fingerprint density at radius 1 is 0.303 bits per heavy atom. The average Bonchev–Trinajstić information content (AvgIpc) is 4.00. The number of hydrogen-bond acceptors (Lipinski definition) is 2. The van der Waals surface area contributed by atoms with Gasteiger partial charge in [0, 0.05) is 67.1 Å². The number of fused-ring (bicyclic) bond motifs is 13. The lowest BCUT2D eigenvalue weighted by molar-refractivity contribution is 0.590. The molecule has 0 atom stereocenters. The Labute approximate surface area is 445 Å². The van der Waals surface area contributed by atoms with Crippen LogP contribution in [-0.2, 0) is 10.8 Å². The normalized spacial score (nSPS) is 13.8. The number of hydrogen-bond donors (Lipinski definition) is 0. The smallest absolute Gasteiger partial charge is 0.333 e. The van der Waals surface area contributed by atoms with Crippen molar-refractivity contribution in [3.8, 4) is 44.5 Å². The Morgan fingerprint density at radius 3 is 1.08 bits per heavy atom. The zero-order valence-corrected chi connectivity index (χ0v) is 43.7. The molecule has 0 amide bonds. The highest BCUT2D eigenvalue weighted by atomic mass is 15.2. The van der Waals surface area contributed by atoms with Crippen LogP contribution < -0.4 is 31.7 Å². The van der Waals surface area contributed by atoms with Gasteiger partial charge in [-0.15, -0.1) is 0 Å². The van der Waals surface area contributed by atoms with Crippen LogP contribution in [0.3, 0.4) is 0 Å². The first-order valence-corrected chi connectivity index (χ1v) is 27.1. The number of benzene rings is 10. The highest BCUT2D eigenvalue weighted by molar-refractivity contribution is 6.92. The molecule has 360 valence electrons. The summed E-state index contributed by atoms with van der Waals surface area (Å²) in [5.74, 6) is 0. The van der Waals surface area contributed by atoms with Gasteiger partial charge in [-0.3, -0.25) is 0 Å². The van der Waals surface area contributed by atoms with Crippen LogP contribution in [0.4, 0.5) is 34.1 Å². The molecule has 0 bridgehead atoms. The molecule has 2 aromatic heterocycles. The molecule has 0 saturated heterocycles. The van der Waals surface area contributed by atoms with Crippen LogP contribution in [0.15, 0.2) is 218 Å². The summed E-state index contributed by atoms with van der Waals surface area (Å²) in [5, 5.41) is 2.56. The van der Waals surface area contributed by atoms with Crippen LogP contribution >= 0.6 is 0 Å². The van der Waals surface area contributed by atoms with E-state index in [0.717, 1.165) is 11.4 Å². The van der Waals surface area contributed by atoms with Crippen molar-refractivity contribution in [3.05, 3.63) is 230 Å². The van der Waals surface area contributed by atoms with Crippen molar-refractivity contribution in [2.45, 2.75) is 52.4 Å². The van der Waals surface area contributed by atoms with Crippen LogP contribution in [0.2, 0.25) is 0 Å². The van der Waals surface area contributed by atoms with Crippen LogP contribution in [0.25, 0.3) is 77.3 Å². The minimum absolute atomic E-state index is 0.0461. The largest absolute Gasteiger partial charge is 0.374 e. The second-order valence-corrected chi connectivity index (χ2v) is 23.6. The third-order valence-corrected chi connectivity index (χ3v) is 17.4. The average molecular weight is 973 g/mol. The van der Waals surface area contributed by atoms with E-state index in [9.17, 15) is 0 Å². The first kappa shape index (κ1) is 43.6. The van der Waals surface area contributed by atoms with Crippen molar-refractivity contribution >= 4 is 103 Å². The Balaban J connectivity index is 1.05. The van der Waals surface area contributed by atoms with E-state index in [-0.39, 0.29) is 24.5 Å². The molecule has 12 aromatic rings. The number of aromatic nitrogens is 2. The molecular weight excluding hydrogens is 918 g/mol.